The van der Waals surface area contributed by atoms with Crippen LogP contribution in [0, 0.1) is 0 Å². The summed E-state index contributed by atoms with van der Waals surface area (Å²) < 4.78 is 12.8. The van der Waals surface area contributed by atoms with Crippen LogP contribution in [0.3, 0.4) is 0 Å². The SMILES string of the molecule is COc1cnn(C(C)C)c1C(O)C1(OC)CCCC1. The zero-order valence-corrected chi connectivity index (χ0v) is 12.2. The summed E-state index contributed by atoms with van der Waals surface area (Å²) in [5.41, 5.74) is 0.223. The molecule has 1 aromatic rings. The fraction of sp³-hybridized carbons (Fsp3) is 0.786. The largest absolute Gasteiger partial charge is 0.493 e. The molecule has 1 aliphatic carbocycles. The zero-order chi connectivity index (χ0) is 14.0. The van der Waals surface area contributed by atoms with Crippen LogP contribution < -0.4 is 4.74 Å². The topological polar surface area (TPSA) is 56.5 Å². The number of hydrogen-bond donors (Lipinski definition) is 1. The first kappa shape index (κ1) is 14.3. The number of hydrogen-bond acceptors (Lipinski definition) is 4. The maximum Gasteiger partial charge on any atom is 0.162 e. The molecule has 1 aliphatic rings. The van der Waals surface area contributed by atoms with Gasteiger partial charge in [-0.3, -0.25) is 4.68 Å². The first-order valence-electron chi connectivity index (χ1n) is 6.90. The van der Waals surface area contributed by atoms with Crippen LogP contribution >= 0.6 is 0 Å². The second-order valence-corrected chi connectivity index (χ2v) is 5.52. The third-order valence-corrected chi connectivity index (χ3v) is 4.12. The molecule has 5 nitrogen and oxygen atoms in total. The lowest BCUT2D eigenvalue weighted by Gasteiger charge is -2.33. The first-order chi connectivity index (χ1) is 9.05. The molecule has 1 heterocycles. The van der Waals surface area contributed by atoms with Gasteiger partial charge in [-0.15, -0.1) is 0 Å². The van der Waals surface area contributed by atoms with E-state index in [0.717, 1.165) is 31.4 Å². The number of nitrogens with zero attached hydrogens (tertiary/aromatic N) is 2. The Morgan fingerprint density at radius 2 is 1.95 bits per heavy atom. The quantitative estimate of drug-likeness (QED) is 0.891. The Bertz CT molecular complexity index is 422. The predicted octanol–water partition coefficient (Wildman–Crippen LogP) is 2.47. The van der Waals surface area contributed by atoms with E-state index in [4.69, 9.17) is 9.47 Å². The summed E-state index contributed by atoms with van der Waals surface area (Å²) in [4.78, 5) is 0. The summed E-state index contributed by atoms with van der Waals surface area (Å²) in [7, 11) is 3.28. The molecule has 1 aromatic heterocycles. The summed E-state index contributed by atoms with van der Waals surface area (Å²) in [6.07, 6.45) is 4.87. The highest BCUT2D eigenvalue weighted by molar-refractivity contribution is 5.30. The van der Waals surface area contributed by atoms with Crippen molar-refractivity contribution in [3.8, 4) is 5.75 Å². The van der Waals surface area contributed by atoms with Crippen LogP contribution in [0.25, 0.3) is 0 Å². The van der Waals surface area contributed by atoms with Crippen molar-refractivity contribution in [3.63, 3.8) is 0 Å². The minimum absolute atomic E-state index is 0.170. The Kier molecular flexibility index (Phi) is 4.16. The third-order valence-electron chi connectivity index (χ3n) is 4.12. The van der Waals surface area contributed by atoms with Gasteiger partial charge in [0.15, 0.2) is 5.75 Å². The Balaban J connectivity index is 2.41. The number of aromatic nitrogens is 2. The second-order valence-electron chi connectivity index (χ2n) is 5.52. The van der Waals surface area contributed by atoms with E-state index in [-0.39, 0.29) is 6.04 Å². The minimum Gasteiger partial charge on any atom is -0.493 e. The van der Waals surface area contributed by atoms with Gasteiger partial charge in [0, 0.05) is 13.2 Å². The van der Waals surface area contributed by atoms with E-state index >= 15 is 0 Å². The van der Waals surface area contributed by atoms with Crippen molar-refractivity contribution in [2.45, 2.75) is 57.3 Å². The molecule has 0 aromatic carbocycles. The van der Waals surface area contributed by atoms with Crippen molar-refractivity contribution < 1.29 is 14.6 Å². The van der Waals surface area contributed by atoms with Gasteiger partial charge in [0.2, 0.25) is 0 Å². The van der Waals surface area contributed by atoms with Crippen LogP contribution in [0.5, 0.6) is 5.75 Å². The molecule has 108 valence electrons. The summed E-state index contributed by atoms with van der Waals surface area (Å²) in [5.74, 6) is 0.629. The lowest BCUT2D eigenvalue weighted by Crippen LogP contribution is -2.37. The van der Waals surface area contributed by atoms with Crippen LogP contribution in [-0.2, 0) is 4.74 Å². The molecular weight excluding hydrogens is 244 g/mol. The molecule has 1 N–H and O–H groups in total. The van der Waals surface area contributed by atoms with Crippen molar-refractivity contribution in [3.05, 3.63) is 11.9 Å². The molecular formula is C14H24N2O3. The molecule has 0 saturated heterocycles. The van der Waals surface area contributed by atoms with Crippen LogP contribution in [-0.4, -0.2) is 34.7 Å². The van der Waals surface area contributed by atoms with E-state index in [1.54, 1.807) is 20.4 Å². The van der Waals surface area contributed by atoms with Gasteiger partial charge >= 0.3 is 0 Å². The molecule has 1 atom stereocenters. The number of rotatable bonds is 5. The zero-order valence-electron chi connectivity index (χ0n) is 12.2. The van der Waals surface area contributed by atoms with Crippen molar-refractivity contribution >= 4 is 0 Å². The molecule has 0 aliphatic heterocycles. The van der Waals surface area contributed by atoms with E-state index in [2.05, 4.69) is 5.10 Å². The normalized spacial score (nSPS) is 19.9. The minimum atomic E-state index is -0.708. The highest BCUT2D eigenvalue weighted by Gasteiger charge is 2.44. The average Bonchev–Trinajstić information content (AvgIpc) is 3.04. The van der Waals surface area contributed by atoms with Crippen molar-refractivity contribution in [1.82, 2.24) is 9.78 Å². The second kappa shape index (κ2) is 5.51. The molecule has 1 fully saturated rings. The molecule has 1 unspecified atom stereocenters. The Morgan fingerprint density at radius 3 is 2.42 bits per heavy atom. The fourth-order valence-corrected chi connectivity index (χ4v) is 3.00. The van der Waals surface area contributed by atoms with Gasteiger partial charge in [0.05, 0.1) is 18.9 Å². The van der Waals surface area contributed by atoms with Crippen LogP contribution in [0.1, 0.15) is 57.4 Å². The Morgan fingerprint density at radius 1 is 1.32 bits per heavy atom. The highest BCUT2D eigenvalue weighted by Crippen LogP contribution is 2.45. The first-order valence-corrected chi connectivity index (χ1v) is 6.90. The standard InChI is InChI=1S/C14H24N2O3/c1-10(2)16-12(11(18-3)9-15-16)13(17)14(19-4)7-5-6-8-14/h9-10,13,17H,5-8H2,1-4H3. The molecule has 0 amide bonds. The van der Waals surface area contributed by atoms with E-state index < -0.39 is 11.7 Å². The van der Waals surface area contributed by atoms with Gasteiger partial charge in [0.1, 0.15) is 11.8 Å². The average molecular weight is 268 g/mol. The van der Waals surface area contributed by atoms with Crippen LogP contribution in [0.4, 0.5) is 0 Å². The van der Waals surface area contributed by atoms with E-state index in [0.29, 0.717) is 5.75 Å². The van der Waals surface area contributed by atoms with Crippen molar-refractivity contribution in [2.75, 3.05) is 14.2 Å². The molecule has 19 heavy (non-hydrogen) atoms. The fourth-order valence-electron chi connectivity index (χ4n) is 3.00. The van der Waals surface area contributed by atoms with Gasteiger partial charge in [-0.1, -0.05) is 12.8 Å². The lowest BCUT2D eigenvalue weighted by molar-refractivity contribution is -0.104. The van der Waals surface area contributed by atoms with E-state index in [1.807, 2.05) is 18.5 Å². The molecule has 5 heteroatoms. The van der Waals surface area contributed by atoms with Crippen molar-refractivity contribution in [2.24, 2.45) is 0 Å². The summed E-state index contributed by atoms with van der Waals surface area (Å²) >= 11 is 0. The monoisotopic (exact) mass is 268 g/mol. The Labute approximate surface area is 114 Å². The maximum absolute atomic E-state index is 10.8. The predicted molar refractivity (Wildman–Crippen MR) is 72.3 cm³/mol. The molecule has 0 bridgehead atoms. The van der Waals surface area contributed by atoms with Gasteiger partial charge < -0.3 is 14.6 Å². The van der Waals surface area contributed by atoms with Crippen LogP contribution in [0.2, 0.25) is 0 Å². The number of aliphatic hydroxyl groups excluding tert-OH is 1. The number of ether oxygens (including phenoxy) is 2. The lowest BCUT2D eigenvalue weighted by atomic mass is 9.91. The van der Waals surface area contributed by atoms with Gasteiger partial charge in [0.25, 0.3) is 0 Å². The smallest absolute Gasteiger partial charge is 0.162 e. The van der Waals surface area contributed by atoms with Gasteiger partial charge in [-0.25, -0.2) is 0 Å². The van der Waals surface area contributed by atoms with Gasteiger partial charge in [-0.2, -0.15) is 5.10 Å². The van der Waals surface area contributed by atoms with Gasteiger partial charge in [-0.05, 0) is 26.7 Å². The highest BCUT2D eigenvalue weighted by atomic mass is 16.5. The summed E-state index contributed by atoms with van der Waals surface area (Å²) in [6.45, 7) is 4.08. The van der Waals surface area contributed by atoms with E-state index in [9.17, 15) is 5.11 Å². The number of methoxy groups -OCH3 is 2. The Hall–Kier alpha value is -1.07. The van der Waals surface area contributed by atoms with Crippen molar-refractivity contribution in [1.29, 1.82) is 0 Å². The maximum atomic E-state index is 10.8. The van der Waals surface area contributed by atoms with Crippen LogP contribution in [0.15, 0.2) is 6.20 Å². The number of aliphatic hydroxyl groups is 1. The van der Waals surface area contributed by atoms with E-state index in [1.165, 1.54) is 0 Å². The summed E-state index contributed by atoms with van der Waals surface area (Å²) in [6, 6.07) is 0.170. The molecule has 2 rings (SSSR count). The molecule has 0 spiro atoms. The third kappa shape index (κ3) is 2.37. The molecule has 1 saturated carbocycles. The summed E-state index contributed by atoms with van der Waals surface area (Å²) in [5, 5.41) is 15.2. The molecule has 0 radical (unpaired) electrons.